The molecule has 2 aromatic rings. The van der Waals surface area contributed by atoms with Crippen molar-refractivity contribution in [3.8, 4) is 11.5 Å². The van der Waals surface area contributed by atoms with Gasteiger partial charge >= 0.3 is 0 Å². The molecule has 0 unspecified atom stereocenters. The van der Waals surface area contributed by atoms with Gasteiger partial charge in [-0.15, -0.1) is 0 Å². The van der Waals surface area contributed by atoms with Crippen molar-refractivity contribution in [1.29, 1.82) is 0 Å². The van der Waals surface area contributed by atoms with E-state index in [-0.39, 0.29) is 18.3 Å². The number of hydrogen-bond acceptors (Lipinski definition) is 4. The third-order valence-electron chi connectivity index (χ3n) is 2.99. The summed E-state index contributed by atoms with van der Waals surface area (Å²) in [4.78, 5) is 11.7. The van der Waals surface area contributed by atoms with E-state index in [0.717, 1.165) is 11.1 Å². The second kappa shape index (κ2) is 7.26. The van der Waals surface area contributed by atoms with Crippen LogP contribution in [-0.2, 0) is 4.79 Å². The van der Waals surface area contributed by atoms with Crippen LogP contribution in [0.5, 0.6) is 11.5 Å². The van der Waals surface area contributed by atoms with Crippen LogP contribution in [0.3, 0.4) is 0 Å². The molecule has 5 heteroatoms. The summed E-state index contributed by atoms with van der Waals surface area (Å²) in [5.41, 5.74) is 4.97. The van der Waals surface area contributed by atoms with Crippen molar-refractivity contribution >= 4 is 11.6 Å². The minimum atomic E-state index is -0.334. The van der Waals surface area contributed by atoms with Gasteiger partial charge in [0.05, 0.1) is 5.71 Å². The molecule has 0 fully saturated rings. The summed E-state index contributed by atoms with van der Waals surface area (Å²) in [7, 11) is 0. The van der Waals surface area contributed by atoms with Crippen molar-refractivity contribution in [2.45, 2.75) is 13.8 Å². The van der Waals surface area contributed by atoms with Crippen molar-refractivity contribution in [2.24, 2.45) is 5.10 Å². The summed E-state index contributed by atoms with van der Waals surface area (Å²) < 4.78 is 5.39. The van der Waals surface area contributed by atoms with E-state index in [9.17, 15) is 9.90 Å². The van der Waals surface area contributed by atoms with Crippen LogP contribution in [0, 0.1) is 6.92 Å². The fourth-order valence-corrected chi connectivity index (χ4v) is 1.80. The van der Waals surface area contributed by atoms with Crippen LogP contribution < -0.4 is 10.2 Å². The number of phenols is 1. The molecule has 0 aliphatic rings. The molecule has 0 aromatic heterocycles. The molecule has 0 aliphatic heterocycles. The van der Waals surface area contributed by atoms with Gasteiger partial charge in [0.25, 0.3) is 5.91 Å². The van der Waals surface area contributed by atoms with E-state index in [1.807, 2.05) is 25.1 Å². The second-order valence-corrected chi connectivity index (χ2v) is 4.88. The molecule has 0 spiro atoms. The van der Waals surface area contributed by atoms with Gasteiger partial charge < -0.3 is 9.84 Å². The minimum Gasteiger partial charge on any atom is -0.508 e. The highest BCUT2D eigenvalue weighted by molar-refractivity contribution is 5.99. The maximum absolute atomic E-state index is 11.7. The Morgan fingerprint density at radius 2 is 1.95 bits per heavy atom. The number of amides is 1. The second-order valence-electron chi connectivity index (χ2n) is 4.88. The topological polar surface area (TPSA) is 70.9 Å². The molecule has 0 atom stereocenters. The van der Waals surface area contributed by atoms with Crippen molar-refractivity contribution in [1.82, 2.24) is 5.43 Å². The largest absolute Gasteiger partial charge is 0.508 e. The van der Waals surface area contributed by atoms with E-state index in [1.165, 1.54) is 0 Å². The zero-order valence-corrected chi connectivity index (χ0v) is 12.5. The Morgan fingerprint density at radius 3 is 2.64 bits per heavy atom. The van der Waals surface area contributed by atoms with Crippen molar-refractivity contribution in [3.63, 3.8) is 0 Å². The minimum absolute atomic E-state index is 0.101. The van der Waals surface area contributed by atoms with E-state index in [2.05, 4.69) is 10.5 Å². The molecule has 0 saturated carbocycles. The number of aryl methyl sites for hydroxylation is 1. The van der Waals surface area contributed by atoms with Crippen molar-refractivity contribution < 1.29 is 14.6 Å². The van der Waals surface area contributed by atoms with Gasteiger partial charge in [-0.3, -0.25) is 4.79 Å². The Bertz CT molecular complexity index is 679. The molecule has 2 rings (SSSR count). The Kier molecular flexibility index (Phi) is 5.14. The van der Waals surface area contributed by atoms with Gasteiger partial charge in [0.1, 0.15) is 11.5 Å². The average molecular weight is 298 g/mol. The van der Waals surface area contributed by atoms with Gasteiger partial charge in [0.15, 0.2) is 6.61 Å². The van der Waals surface area contributed by atoms with Crippen LogP contribution in [-0.4, -0.2) is 23.3 Å². The zero-order chi connectivity index (χ0) is 15.9. The van der Waals surface area contributed by atoms with Crippen molar-refractivity contribution in [2.75, 3.05) is 6.61 Å². The summed E-state index contributed by atoms with van der Waals surface area (Å²) >= 11 is 0. The number of nitrogens with one attached hydrogen (secondary N) is 1. The van der Waals surface area contributed by atoms with Crippen LogP contribution in [0.25, 0.3) is 0 Å². The first-order valence-corrected chi connectivity index (χ1v) is 6.86. The molecule has 2 N–H and O–H groups in total. The van der Waals surface area contributed by atoms with E-state index in [1.54, 1.807) is 37.3 Å². The van der Waals surface area contributed by atoms with Crippen LogP contribution >= 0.6 is 0 Å². The van der Waals surface area contributed by atoms with Gasteiger partial charge in [0.2, 0.25) is 0 Å². The summed E-state index contributed by atoms with van der Waals surface area (Å²) in [6.07, 6.45) is 0. The highest BCUT2D eigenvalue weighted by Gasteiger charge is 2.03. The Morgan fingerprint density at radius 1 is 1.23 bits per heavy atom. The molecule has 0 bridgehead atoms. The standard InChI is InChI=1S/C17H18N2O3/c1-12-4-3-5-16(10-12)22-11-17(21)19-18-13(2)14-6-8-15(20)9-7-14/h3-10,20H,11H2,1-2H3,(H,19,21)/b18-13+. The molecule has 114 valence electrons. The maximum atomic E-state index is 11.7. The first-order valence-electron chi connectivity index (χ1n) is 6.86. The van der Waals surface area contributed by atoms with Crippen LogP contribution in [0.15, 0.2) is 53.6 Å². The zero-order valence-electron chi connectivity index (χ0n) is 12.5. The van der Waals surface area contributed by atoms with Gasteiger partial charge in [-0.1, -0.05) is 12.1 Å². The lowest BCUT2D eigenvalue weighted by atomic mass is 10.1. The predicted molar refractivity (Wildman–Crippen MR) is 85.1 cm³/mol. The fraction of sp³-hybridized carbons (Fsp3) is 0.176. The number of benzene rings is 2. The summed E-state index contributed by atoms with van der Waals surface area (Å²) in [5.74, 6) is 0.501. The van der Waals surface area contributed by atoms with Crippen molar-refractivity contribution in [3.05, 3.63) is 59.7 Å². The number of nitrogens with zero attached hydrogens (tertiary/aromatic N) is 1. The monoisotopic (exact) mass is 298 g/mol. The molecule has 22 heavy (non-hydrogen) atoms. The molecule has 1 amide bonds. The summed E-state index contributed by atoms with van der Waals surface area (Å²) in [5, 5.41) is 13.2. The number of ether oxygens (including phenoxy) is 1. The number of phenolic OH excluding ortho intramolecular Hbond substituents is 1. The summed E-state index contributed by atoms with van der Waals surface area (Å²) in [6.45, 7) is 3.63. The van der Waals surface area contributed by atoms with E-state index < -0.39 is 0 Å². The lowest BCUT2D eigenvalue weighted by molar-refractivity contribution is -0.123. The van der Waals surface area contributed by atoms with E-state index in [4.69, 9.17) is 4.74 Å². The highest BCUT2D eigenvalue weighted by atomic mass is 16.5. The maximum Gasteiger partial charge on any atom is 0.277 e. The third kappa shape index (κ3) is 4.63. The Hall–Kier alpha value is -2.82. The number of aromatic hydroxyl groups is 1. The smallest absolute Gasteiger partial charge is 0.277 e. The Labute approximate surface area is 129 Å². The lowest BCUT2D eigenvalue weighted by Gasteiger charge is -2.06. The normalized spacial score (nSPS) is 11.1. The molecule has 0 saturated heterocycles. The average Bonchev–Trinajstić information content (AvgIpc) is 2.51. The predicted octanol–water partition coefficient (Wildman–Crippen LogP) is 2.62. The number of hydrazone groups is 1. The quantitative estimate of drug-likeness (QED) is 0.658. The molecule has 2 aromatic carbocycles. The van der Waals surface area contributed by atoms with Crippen LogP contribution in [0.1, 0.15) is 18.1 Å². The van der Waals surface area contributed by atoms with Crippen LogP contribution in [0.4, 0.5) is 0 Å². The highest BCUT2D eigenvalue weighted by Crippen LogP contribution is 2.12. The SMILES string of the molecule is C/C(=N\NC(=O)COc1cccc(C)c1)c1ccc(O)cc1. The number of hydrogen-bond donors (Lipinski definition) is 2. The summed E-state index contributed by atoms with van der Waals surface area (Å²) in [6, 6.07) is 14.1. The number of carbonyl (C=O) groups is 1. The van der Waals surface area contributed by atoms with E-state index >= 15 is 0 Å². The van der Waals surface area contributed by atoms with Crippen LogP contribution in [0.2, 0.25) is 0 Å². The molecular weight excluding hydrogens is 280 g/mol. The first kappa shape index (κ1) is 15.6. The molecule has 5 nitrogen and oxygen atoms in total. The number of rotatable bonds is 5. The molecular formula is C17H18N2O3. The Balaban J connectivity index is 1.86. The van der Waals surface area contributed by atoms with Gasteiger partial charge in [-0.25, -0.2) is 5.43 Å². The number of carbonyl (C=O) groups excluding carboxylic acids is 1. The van der Waals surface area contributed by atoms with E-state index in [0.29, 0.717) is 11.5 Å². The molecule has 0 aliphatic carbocycles. The first-order chi connectivity index (χ1) is 10.5. The third-order valence-corrected chi connectivity index (χ3v) is 2.99. The van der Waals surface area contributed by atoms with Gasteiger partial charge in [-0.05, 0) is 61.4 Å². The van der Waals surface area contributed by atoms with Gasteiger partial charge in [0, 0.05) is 0 Å². The molecule has 0 radical (unpaired) electrons. The lowest BCUT2D eigenvalue weighted by Crippen LogP contribution is -2.25. The van der Waals surface area contributed by atoms with Gasteiger partial charge in [-0.2, -0.15) is 5.10 Å². The fourth-order valence-electron chi connectivity index (χ4n) is 1.80. The molecule has 0 heterocycles.